The topological polar surface area (TPSA) is 49.8 Å². The van der Waals surface area contributed by atoms with Gasteiger partial charge in [-0.15, -0.1) is 0 Å². The van der Waals surface area contributed by atoms with Gasteiger partial charge < -0.3 is 5.73 Å². The Hall–Kier alpha value is -1.46. The van der Waals surface area contributed by atoms with Crippen molar-refractivity contribution in [3.05, 3.63) is 34.9 Å². The average molecular weight is 193 g/mol. The van der Waals surface area contributed by atoms with Gasteiger partial charge in [0.25, 0.3) is 0 Å². The largest absolute Gasteiger partial charge is 0.397 e. The lowest BCUT2D eigenvalue weighted by atomic mass is 10.0. The van der Waals surface area contributed by atoms with E-state index in [1.165, 1.54) is 0 Å². The van der Waals surface area contributed by atoms with Crippen LogP contribution >= 0.6 is 11.6 Å². The molecule has 0 aliphatic carbocycles. The number of hydrogen-bond acceptors (Lipinski definition) is 2. The Labute approximate surface area is 82.2 Å². The van der Waals surface area contributed by atoms with Gasteiger partial charge in [-0.05, 0) is 30.2 Å². The molecule has 0 unspecified atom stereocenters. The van der Waals surface area contributed by atoms with Gasteiger partial charge >= 0.3 is 0 Å². The van der Waals surface area contributed by atoms with Gasteiger partial charge in [0.15, 0.2) is 0 Å². The van der Waals surface area contributed by atoms with E-state index in [0.717, 1.165) is 11.1 Å². The molecule has 0 spiro atoms. The van der Waals surface area contributed by atoms with Crippen molar-refractivity contribution in [1.82, 2.24) is 0 Å². The second kappa shape index (κ2) is 3.51. The van der Waals surface area contributed by atoms with Gasteiger partial charge in [0.05, 0.1) is 22.3 Å². The van der Waals surface area contributed by atoms with E-state index in [9.17, 15) is 0 Å². The smallest absolute Gasteiger partial charge is 0.0992 e. The van der Waals surface area contributed by atoms with Gasteiger partial charge in [-0.3, -0.25) is 0 Å². The summed E-state index contributed by atoms with van der Waals surface area (Å²) in [5.74, 6) is 0. The molecule has 3 heteroatoms. The van der Waals surface area contributed by atoms with Crippen LogP contribution in [0.3, 0.4) is 0 Å². The minimum Gasteiger partial charge on any atom is -0.397 e. The van der Waals surface area contributed by atoms with Crippen LogP contribution in [0.5, 0.6) is 0 Å². The summed E-state index contributed by atoms with van der Waals surface area (Å²) in [6.07, 6.45) is 0. The van der Waals surface area contributed by atoms with Crippen molar-refractivity contribution in [2.45, 2.75) is 6.92 Å². The maximum Gasteiger partial charge on any atom is 0.0992 e. The number of halogens is 1. The van der Waals surface area contributed by atoms with Gasteiger partial charge in [0.1, 0.15) is 0 Å². The van der Waals surface area contributed by atoms with Crippen molar-refractivity contribution in [3.8, 4) is 6.07 Å². The number of nitrogens with two attached hydrogens (primary N) is 1. The number of anilines is 1. The predicted molar refractivity (Wildman–Crippen MR) is 55.3 cm³/mol. The van der Waals surface area contributed by atoms with E-state index in [2.05, 4.69) is 6.58 Å². The van der Waals surface area contributed by atoms with E-state index in [4.69, 9.17) is 22.6 Å². The Morgan fingerprint density at radius 3 is 2.69 bits per heavy atom. The first-order valence-electron chi connectivity index (χ1n) is 3.71. The molecule has 0 amide bonds. The summed E-state index contributed by atoms with van der Waals surface area (Å²) in [5.41, 5.74) is 8.06. The molecule has 0 saturated carbocycles. The van der Waals surface area contributed by atoms with Crippen molar-refractivity contribution in [2.75, 3.05) is 5.73 Å². The molecule has 1 rings (SSSR count). The molecule has 0 aliphatic rings. The minimum absolute atomic E-state index is 0.415. The first-order valence-corrected chi connectivity index (χ1v) is 4.09. The summed E-state index contributed by atoms with van der Waals surface area (Å²) in [5, 5.41) is 9.15. The van der Waals surface area contributed by atoms with Crippen LogP contribution in [0.4, 0.5) is 5.69 Å². The summed E-state index contributed by atoms with van der Waals surface area (Å²) in [7, 11) is 0. The van der Waals surface area contributed by atoms with E-state index >= 15 is 0 Å². The number of rotatable bonds is 1. The van der Waals surface area contributed by atoms with E-state index in [1.54, 1.807) is 12.1 Å². The summed E-state index contributed by atoms with van der Waals surface area (Å²) in [6, 6.07) is 5.24. The standard InChI is InChI=1S/C10H9ClN2/c1-6(2)8-3-7(5-12)4-9(13)10(8)11/h3-4H,1,13H2,2H3. The Bertz CT molecular complexity index is 402. The third-order valence-corrected chi connectivity index (χ3v) is 2.11. The third kappa shape index (κ3) is 1.82. The van der Waals surface area contributed by atoms with Crippen LogP contribution in [0.25, 0.3) is 5.57 Å². The zero-order valence-electron chi connectivity index (χ0n) is 7.26. The van der Waals surface area contributed by atoms with Crippen LogP contribution in [0.2, 0.25) is 5.02 Å². The maximum atomic E-state index is 8.68. The van der Waals surface area contributed by atoms with Gasteiger partial charge in [0.2, 0.25) is 0 Å². The zero-order valence-corrected chi connectivity index (χ0v) is 8.02. The average Bonchev–Trinajstić information content (AvgIpc) is 2.09. The fourth-order valence-electron chi connectivity index (χ4n) is 1.02. The lowest BCUT2D eigenvalue weighted by Gasteiger charge is -2.06. The number of benzene rings is 1. The number of nitrogens with zero attached hydrogens (tertiary/aromatic N) is 1. The molecule has 0 atom stereocenters. The molecule has 1 aromatic carbocycles. The van der Waals surface area contributed by atoms with E-state index in [0.29, 0.717) is 16.3 Å². The van der Waals surface area contributed by atoms with Crippen molar-refractivity contribution in [3.63, 3.8) is 0 Å². The van der Waals surface area contributed by atoms with E-state index in [-0.39, 0.29) is 0 Å². The van der Waals surface area contributed by atoms with Crippen LogP contribution in [0.1, 0.15) is 18.1 Å². The lowest BCUT2D eigenvalue weighted by molar-refractivity contribution is 1.47. The van der Waals surface area contributed by atoms with E-state index in [1.807, 2.05) is 13.0 Å². The van der Waals surface area contributed by atoms with Crippen LogP contribution < -0.4 is 5.73 Å². The Kier molecular flexibility index (Phi) is 2.60. The quantitative estimate of drug-likeness (QED) is 0.696. The molecular weight excluding hydrogens is 184 g/mol. The van der Waals surface area contributed by atoms with Gasteiger partial charge in [-0.25, -0.2) is 0 Å². The van der Waals surface area contributed by atoms with Crippen LogP contribution in [0.15, 0.2) is 18.7 Å². The molecule has 0 fully saturated rings. The molecule has 13 heavy (non-hydrogen) atoms. The van der Waals surface area contributed by atoms with E-state index < -0.39 is 0 Å². The molecule has 2 N–H and O–H groups in total. The molecule has 0 aliphatic heterocycles. The van der Waals surface area contributed by atoms with Crippen LogP contribution in [0, 0.1) is 11.3 Å². The van der Waals surface area contributed by atoms with Gasteiger partial charge in [0, 0.05) is 0 Å². The second-order valence-corrected chi connectivity index (χ2v) is 3.20. The highest BCUT2D eigenvalue weighted by Crippen LogP contribution is 2.29. The van der Waals surface area contributed by atoms with Crippen LogP contribution in [-0.4, -0.2) is 0 Å². The predicted octanol–water partition coefficient (Wildman–Crippen LogP) is 2.83. The van der Waals surface area contributed by atoms with Crippen molar-refractivity contribution >= 4 is 22.9 Å². The fraction of sp³-hybridized carbons (Fsp3) is 0.100. The third-order valence-electron chi connectivity index (χ3n) is 1.69. The van der Waals surface area contributed by atoms with Crippen molar-refractivity contribution in [1.29, 1.82) is 5.26 Å². The molecule has 0 radical (unpaired) electrons. The molecule has 1 aromatic rings. The Morgan fingerprint density at radius 1 is 1.62 bits per heavy atom. The Balaban J connectivity index is 3.44. The normalized spacial score (nSPS) is 9.31. The number of allylic oxidation sites excluding steroid dienone is 1. The Morgan fingerprint density at radius 2 is 2.23 bits per heavy atom. The van der Waals surface area contributed by atoms with Crippen molar-refractivity contribution in [2.24, 2.45) is 0 Å². The summed E-state index contributed by atoms with van der Waals surface area (Å²) >= 11 is 5.92. The summed E-state index contributed by atoms with van der Waals surface area (Å²) in [6.45, 7) is 5.57. The van der Waals surface area contributed by atoms with Crippen molar-refractivity contribution < 1.29 is 0 Å². The minimum atomic E-state index is 0.415. The fourth-order valence-corrected chi connectivity index (χ4v) is 1.29. The molecule has 0 bridgehead atoms. The molecule has 0 saturated heterocycles. The molecule has 0 aromatic heterocycles. The van der Waals surface area contributed by atoms with Gasteiger partial charge in [-0.1, -0.05) is 18.2 Å². The zero-order chi connectivity index (χ0) is 10.0. The maximum absolute atomic E-state index is 8.68. The highest BCUT2D eigenvalue weighted by Gasteiger charge is 2.06. The molecule has 2 nitrogen and oxygen atoms in total. The van der Waals surface area contributed by atoms with Crippen LogP contribution in [-0.2, 0) is 0 Å². The highest BCUT2D eigenvalue weighted by molar-refractivity contribution is 6.34. The number of nitriles is 1. The summed E-state index contributed by atoms with van der Waals surface area (Å²) < 4.78 is 0. The summed E-state index contributed by atoms with van der Waals surface area (Å²) in [4.78, 5) is 0. The SMILES string of the molecule is C=C(C)c1cc(C#N)cc(N)c1Cl. The molecule has 66 valence electrons. The first-order chi connectivity index (χ1) is 6.06. The highest BCUT2D eigenvalue weighted by atomic mass is 35.5. The molecule has 0 heterocycles. The lowest BCUT2D eigenvalue weighted by Crippen LogP contribution is -1.92. The number of nitrogen functional groups attached to an aromatic ring is 1. The first kappa shape index (κ1) is 9.63. The number of hydrogen-bond donors (Lipinski definition) is 1. The second-order valence-electron chi connectivity index (χ2n) is 2.82. The van der Waals surface area contributed by atoms with Gasteiger partial charge in [-0.2, -0.15) is 5.26 Å². The monoisotopic (exact) mass is 192 g/mol. The molecular formula is C10H9ClN2.